The molecule has 1 aliphatic heterocycles. The maximum Gasteiger partial charge on any atom is 0.229 e. The van der Waals surface area contributed by atoms with Crippen LogP contribution in [0, 0.1) is 13.8 Å². The number of amides is 1. The van der Waals surface area contributed by atoms with Crippen LogP contribution in [0.15, 0.2) is 42.5 Å². The summed E-state index contributed by atoms with van der Waals surface area (Å²) in [5, 5.41) is 0.810. The van der Waals surface area contributed by atoms with Crippen LogP contribution in [0.2, 0.25) is 0 Å². The molecule has 1 amide bonds. The number of halogens is 1. The smallest absolute Gasteiger partial charge is 0.229 e. The maximum atomic E-state index is 13.3. The Morgan fingerprint density at radius 1 is 1.13 bits per heavy atom. The molecule has 0 bridgehead atoms. The van der Waals surface area contributed by atoms with Gasteiger partial charge in [0.25, 0.3) is 0 Å². The van der Waals surface area contributed by atoms with Crippen molar-refractivity contribution in [2.24, 2.45) is 0 Å². The van der Waals surface area contributed by atoms with Crippen LogP contribution < -0.4 is 4.90 Å². The molecule has 3 aromatic rings. The first kappa shape index (κ1) is 23.7. The first-order valence-corrected chi connectivity index (χ1v) is 11.4. The van der Waals surface area contributed by atoms with E-state index in [-0.39, 0.29) is 18.3 Å². The molecule has 5 nitrogen and oxygen atoms in total. The molecule has 166 valence electrons. The molecular weight excluding hydrogens is 430 g/mol. The fourth-order valence-electron chi connectivity index (χ4n) is 3.75. The fourth-order valence-corrected chi connectivity index (χ4v) is 4.82. The highest BCUT2D eigenvalue weighted by atomic mass is 35.5. The van der Waals surface area contributed by atoms with Gasteiger partial charge in [0.05, 0.1) is 23.4 Å². The summed E-state index contributed by atoms with van der Waals surface area (Å²) in [7, 11) is 0. The molecule has 4 rings (SSSR count). The summed E-state index contributed by atoms with van der Waals surface area (Å²) < 4.78 is 6.60. The molecule has 2 heterocycles. The van der Waals surface area contributed by atoms with E-state index >= 15 is 0 Å². The van der Waals surface area contributed by atoms with Gasteiger partial charge < -0.3 is 4.74 Å². The predicted molar refractivity (Wildman–Crippen MR) is 131 cm³/mol. The number of benzene rings is 2. The zero-order valence-corrected chi connectivity index (χ0v) is 19.8. The van der Waals surface area contributed by atoms with Crippen molar-refractivity contribution in [2.45, 2.75) is 26.7 Å². The number of thiazole rings is 1. The van der Waals surface area contributed by atoms with Crippen LogP contribution in [-0.2, 0) is 16.0 Å². The summed E-state index contributed by atoms with van der Waals surface area (Å²) in [5.74, 6) is 0.139. The lowest BCUT2D eigenvalue weighted by Gasteiger charge is -2.29. The van der Waals surface area contributed by atoms with Crippen LogP contribution in [0.25, 0.3) is 10.2 Å². The van der Waals surface area contributed by atoms with Gasteiger partial charge in [-0.1, -0.05) is 47.7 Å². The Kier molecular flexibility index (Phi) is 8.43. The first-order chi connectivity index (χ1) is 14.6. The van der Waals surface area contributed by atoms with E-state index in [1.807, 2.05) is 23.1 Å². The molecule has 0 spiro atoms. The third-order valence-electron chi connectivity index (χ3n) is 5.82. The Bertz CT molecular complexity index is 1000. The molecule has 1 fully saturated rings. The van der Waals surface area contributed by atoms with Crippen molar-refractivity contribution in [3.05, 3.63) is 59.2 Å². The number of nitrogens with zero attached hydrogens (tertiary/aromatic N) is 3. The highest BCUT2D eigenvalue weighted by Crippen LogP contribution is 2.32. The van der Waals surface area contributed by atoms with Crippen molar-refractivity contribution < 1.29 is 9.53 Å². The second kappa shape index (κ2) is 11.0. The molecule has 0 N–H and O–H groups in total. The zero-order chi connectivity index (χ0) is 20.9. The van der Waals surface area contributed by atoms with Crippen LogP contribution in [-0.4, -0.2) is 55.2 Å². The summed E-state index contributed by atoms with van der Waals surface area (Å²) in [4.78, 5) is 22.4. The second-order valence-electron chi connectivity index (χ2n) is 7.84. The number of carbonyl (C=O) groups excluding carboxylic acids is 1. The number of rotatable bonds is 7. The van der Waals surface area contributed by atoms with Crippen LogP contribution in [0.1, 0.15) is 23.1 Å². The van der Waals surface area contributed by atoms with E-state index in [1.54, 1.807) is 11.3 Å². The summed E-state index contributed by atoms with van der Waals surface area (Å²) in [6, 6.07) is 14.5. The lowest BCUT2D eigenvalue weighted by atomic mass is 10.1. The van der Waals surface area contributed by atoms with Crippen molar-refractivity contribution in [1.82, 2.24) is 9.88 Å². The first-order valence-electron chi connectivity index (χ1n) is 10.6. The minimum Gasteiger partial charge on any atom is -0.379 e. The number of aryl methyl sites for hydroxylation is 3. The zero-order valence-electron chi connectivity index (χ0n) is 18.2. The molecule has 1 saturated heterocycles. The number of morpholine rings is 1. The standard InChI is InChI=1S/C24H29N3O2S.ClH/c1-18-8-10-21-23(19(18)2)25-24(30-21)27(13-12-26-14-16-29-17-15-26)22(28)11-9-20-6-4-3-5-7-20;/h3-8,10H,9,11-17H2,1-2H3;1H. The lowest BCUT2D eigenvalue weighted by Crippen LogP contribution is -2.43. The van der Waals surface area contributed by atoms with E-state index in [0.717, 1.165) is 54.6 Å². The summed E-state index contributed by atoms with van der Waals surface area (Å²) >= 11 is 1.62. The van der Waals surface area contributed by atoms with Gasteiger partial charge in [-0.25, -0.2) is 4.98 Å². The van der Waals surface area contributed by atoms with Crippen molar-refractivity contribution in [3.63, 3.8) is 0 Å². The number of aromatic nitrogens is 1. The van der Waals surface area contributed by atoms with E-state index in [0.29, 0.717) is 13.0 Å². The Morgan fingerprint density at radius 2 is 1.87 bits per heavy atom. The van der Waals surface area contributed by atoms with Crippen LogP contribution in [0.3, 0.4) is 0 Å². The van der Waals surface area contributed by atoms with Gasteiger partial charge in [-0.15, -0.1) is 12.4 Å². The Morgan fingerprint density at radius 3 is 2.61 bits per heavy atom. The Balaban J connectivity index is 0.00000272. The molecule has 31 heavy (non-hydrogen) atoms. The molecule has 1 aliphatic rings. The van der Waals surface area contributed by atoms with Gasteiger partial charge in [0, 0.05) is 32.6 Å². The molecule has 0 saturated carbocycles. The molecule has 1 aromatic heterocycles. The topological polar surface area (TPSA) is 45.7 Å². The van der Waals surface area contributed by atoms with Gasteiger partial charge in [-0.3, -0.25) is 14.6 Å². The number of carbonyl (C=O) groups is 1. The monoisotopic (exact) mass is 459 g/mol. The molecule has 0 atom stereocenters. The van der Waals surface area contributed by atoms with Crippen LogP contribution >= 0.6 is 23.7 Å². The SMILES string of the molecule is Cc1ccc2sc(N(CCN3CCOCC3)C(=O)CCc3ccccc3)nc2c1C.Cl. The number of fused-ring (bicyclic) bond motifs is 1. The number of hydrogen-bond acceptors (Lipinski definition) is 5. The minimum absolute atomic E-state index is 0. The molecule has 7 heteroatoms. The van der Waals surface area contributed by atoms with Crippen LogP contribution in [0.4, 0.5) is 5.13 Å². The van der Waals surface area contributed by atoms with Gasteiger partial charge in [-0.2, -0.15) is 0 Å². The summed E-state index contributed by atoms with van der Waals surface area (Å²) in [6.07, 6.45) is 1.23. The van der Waals surface area contributed by atoms with E-state index < -0.39 is 0 Å². The highest BCUT2D eigenvalue weighted by molar-refractivity contribution is 7.22. The third kappa shape index (κ3) is 5.83. The quantitative estimate of drug-likeness (QED) is 0.516. The second-order valence-corrected chi connectivity index (χ2v) is 8.84. The largest absolute Gasteiger partial charge is 0.379 e. The third-order valence-corrected chi connectivity index (χ3v) is 6.86. The average molecular weight is 460 g/mol. The maximum absolute atomic E-state index is 13.3. The number of ether oxygens (including phenoxy) is 1. The van der Waals surface area contributed by atoms with E-state index in [2.05, 4.69) is 43.0 Å². The van der Waals surface area contributed by atoms with Gasteiger partial charge in [-0.05, 0) is 43.0 Å². The van der Waals surface area contributed by atoms with Crippen molar-refractivity contribution in [2.75, 3.05) is 44.3 Å². The van der Waals surface area contributed by atoms with Crippen LogP contribution in [0.5, 0.6) is 0 Å². The van der Waals surface area contributed by atoms with Gasteiger partial charge in [0.2, 0.25) is 5.91 Å². The van der Waals surface area contributed by atoms with Crippen molar-refractivity contribution in [3.8, 4) is 0 Å². The molecule has 0 unspecified atom stereocenters. The van der Waals surface area contributed by atoms with Crippen molar-refractivity contribution in [1.29, 1.82) is 0 Å². The Labute approximate surface area is 194 Å². The van der Waals surface area contributed by atoms with Gasteiger partial charge in [0.15, 0.2) is 5.13 Å². The van der Waals surface area contributed by atoms with E-state index in [9.17, 15) is 4.79 Å². The molecular formula is C24H30ClN3O2S. The number of hydrogen-bond donors (Lipinski definition) is 0. The summed E-state index contributed by atoms with van der Waals surface area (Å²) in [5.41, 5.74) is 4.63. The van der Waals surface area contributed by atoms with E-state index in [4.69, 9.17) is 9.72 Å². The van der Waals surface area contributed by atoms with Gasteiger partial charge >= 0.3 is 0 Å². The normalized spacial score (nSPS) is 14.4. The predicted octanol–water partition coefficient (Wildman–Crippen LogP) is 4.63. The molecule has 2 aromatic carbocycles. The molecule has 0 radical (unpaired) electrons. The number of anilines is 1. The highest BCUT2D eigenvalue weighted by Gasteiger charge is 2.22. The minimum atomic E-state index is 0. The average Bonchev–Trinajstić information content (AvgIpc) is 3.21. The van der Waals surface area contributed by atoms with Gasteiger partial charge in [0.1, 0.15) is 0 Å². The fraction of sp³-hybridized carbons (Fsp3) is 0.417. The van der Waals surface area contributed by atoms with Crippen molar-refractivity contribution >= 4 is 45.0 Å². The lowest BCUT2D eigenvalue weighted by molar-refractivity contribution is -0.118. The summed E-state index contributed by atoms with van der Waals surface area (Å²) in [6.45, 7) is 9.09. The molecule has 0 aliphatic carbocycles. The Hall–Kier alpha value is -1.99. The van der Waals surface area contributed by atoms with E-state index in [1.165, 1.54) is 16.7 Å².